The third-order valence-corrected chi connectivity index (χ3v) is 4.86. The van der Waals surface area contributed by atoms with Crippen LogP contribution >= 0.6 is 0 Å². The highest BCUT2D eigenvalue weighted by molar-refractivity contribution is 5.87. The first-order chi connectivity index (χ1) is 15.7. The summed E-state index contributed by atoms with van der Waals surface area (Å²) < 4.78 is 218. The summed E-state index contributed by atoms with van der Waals surface area (Å²) in [6, 6.07) is -24.1. The number of rotatable bonds is 9. The lowest BCUT2D eigenvalue weighted by Crippen LogP contribution is -2.87. The largest absolute Gasteiger partial charge is 0.481 e. The van der Waals surface area contributed by atoms with E-state index < -0.39 is 83.9 Å². The smallest absolute Gasteiger partial charge is 0.439 e. The average Bonchev–Trinajstić information content (AvgIpc) is 2.66. The summed E-state index contributed by atoms with van der Waals surface area (Å²) >= 11 is 0. The van der Waals surface area contributed by atoms with Crippen molar-refractivity contribution in [1.29, 1.82) is 0 Å². The second-order valence-electron chi connectivity index (χ2n) is 7.30. The number of carbonyl (C=O) groups is 2. The number of hydrogen-bond donors (Lipinski definition) is 2. The normalized spacial score (nSPS) is 24.6. The fraction of sp³-hybridized carbons (Fsp3) is 0.867. The van der Waals surface area contributed by atoms with Crippen LogP contribution in [0.15, 0.2) is 0 Å². The molecule has 1 atom stereocenters. The molecule has 1 rings (SSSR count). The number of halogens is 16. The van der Waals surface area contributed by atoms with Crippen molar-refractivity contribution in [2.24, 2.45) is 0 Å². The lowest BCUT2D eigenvalue weighted by molar-refractivity contribution is -0.545. The van der Waals surface area contributed by atoms with Crippen molar-refractivity contribution in [2.75, 3.05) is 6.54 Å². The molecule has 21 heteroatoms. The number of amides is 1. The van der Waals surface area contributed by atoms with Crippen LogP contribution in [0.5, 0.6) is 0 Å². The first-order valence-electron chi connectivity index (χ1n) is 9.03. The van der Waals surface area contributed by atoms with E-state index in [-0.39, 0.29) is 12.8 Å². The van der Waals surface area contributed by atoms with Gasteiger partial charge in [0, 0.05) is 13.0 Å². The minimum Gasteiger partial charge on any atom is -0.481 e. The van der Waals surface area contributed by atoms with E-state index in [1.165, 1.54) is 0 Å². The lowest BCUT2D eigenvalue weighted by atomic mass is 9.89. The van der Waals surface area contributed by atoms with Gasteiger partial charge >= 0.3 is 53.7 Å². The molecule has 1 unspecified atom stereocenters. The molecule has 0 bridgehead atoms. The first-order valence-corrected chi connectivity index (χ1v) is 9.03. The minimum atomic E-state index is -8.07. The van der Waals surface area contributed by atoms with Gasteiger partial charge in [0.15, 0.2) is 0 Å². The van der Waals surface area contributed by atoms with Crippen LogP contribution in [0.2, 0.25) is 0 Å². The van der Waals surface area contributed by atoms with E-state index in [1.807, 2.05) is 0 Å². The van der Waals surface area contributed by atoms with Crippen LogP contribution in [-0.4, -0.2) is 76.2 Å². The highest BCUT2D eigenvalue weighted by Crippen LogP contribution is 2.68. The van der Waals surface area contributed by atoms with Crippen molar-refractivity contribution in [3.63, 3.8) is 0 Å². The predicted molar refractivity (Wildman–Crippen MR) is 80.5 cm³/mol. The van der Waals surface area contributed by atoms with E-state index in [4.69, 9.17) is 5.11 Å². The maximum atomic E-state index is 14.6. The zero-order valence-corrected chi connectivity index (χ0v) is 16.8. The summed E-state index contributed by atoms with van der Waals surface area (Å²) in [6.45, 7) is -1.30. The van der Waals surface area contributed by atoms with Gasteiger partial charge in [-0.15, -0.1) is 4.90 Å². The number of carboxylic acids is 1. The molecule has 1 heterocycles. The molecule has 212 valence electrons. The quantitative estimate of drug-likeness (QED) is 0.232. The molecule has 0 aromatic rings. The number of piperidine rings is 1. The maximum Gasteiger partial charge on any atom is 0.439 e. The van der Waals surface area contributed by atoms with Crippen molar-refractivity contribution in [1.82, 2.24) is 10.2 Å². The van der Waals surface area contributed by atoms with Crippen LogP contribution in [-0.2, 0) is 9.59 Å². The van der Waals surface area contributed by atoms with Crippen LogP contribution in [0.1, 0.15) is 25.7 Å². The summed E-state index contributed by atoms with van der Waals surface area (Å²) in [4.78, 5) is 17.5. The Hall–Kier alpha value is -2.22. The molecule has 5 nitrogen and oxygen atoms in total. The molecule has 2 N–H and O–H groups in total. The molecular formula is C15H12F16N2O3. The van der Waals surface area contributed by atoms with Gasteiger partial charge in [-0.05, 0) is 12.8 Å². The molecule has 36 heavy (non-hydrogen) atoms. The molecule has 0 aromatic carbocycles. The van der Waals surface area contributed by atoms with Crippen LogP contribution in [0.4, 0.5) is 70.2 Å². The zero-order chi connectivity index (χ0) is 29.0. The van der Waals surface area contributed by atoms with E-state index in [2.05, 4.69) is 0 Å². The van der Waals surface area contributed by atoms with Crippen LogP contribution in [0.3, 0.4) is 0 Å². The Bertz CT molecular complexity index is 828. The van der Waals surface area contributed by atoms with Crippen LogP contribution in [0, 0.1) is 0 Å². The van der Waals surface area contributed by atoms with Gasteiger partial charge < -0.3 is 10.4 Å². The molecule has 0 saturated carbocycles. The van der Waals surface area contributed by atoms with Crippen LogP contribution in [0.25, 0.3) is 0 Å². The number of hydrogen-bond acceptors (Lipinski definition) is 3. The Morgan fingerprint density at radius 2 is 1.11 bits per heavy atom. The van der Waals surface area contributed by atoms with Gasteiger partial charge in [0.05, 0.1) is 0 Å². The summed E-state index contributed by atoms with van der Waals surface area (Å²) in [5.74, 6) is -29.0. The van der Waals surface area contributed by atoms with E-state index in [0.717, 1.165) is 0 Å². The molecule has 0 radical (unpaired) electrons. The number of carboxylic acid groups (broad SMARTS) is 1. The van der Waals surface area contributed by atoms with Gasteiger partial charge in [0.25, 0.3) is 5.91 Å². The molecule has 0 aliphatic carbocycles. The minimum absolute atomic E-state index is 0.258. The number of carbonyl (C=O) groups excluding carboxylic acids is 1. The number of aliphatic carboxylic acids is 1. The SMILES string of the molecule is O=C(O)CCCCCNC(=O)C(F)(C(F)(F)F)C(F)(F)N1C(F)(F)C(F)(F)C(F)(F)C(F)(F)C1(F)F. The summed E-state index contributed by atoms with van der Waals surface area (Å²) in [5.41, 5.74) is -7.41. The van der Waals surface area contributed by atoms with E-state index in [0.29, 0.717) is 5.32 Å². The zero-order valence-electron chi connectivity index (χ0n) is 16.8. The fourth-order valence-corrected chi connectivity index (χ4v) is 2.88. The van der Waals surface area contributed by atoms with Crippen LogP contribution < -0.4 is 5.32 Å². The molecule has 1 aliphatic heterocycles. The van der Waals surface area contributed by atoms with Crippen molar-refractivity contribution in [3.05, 3.63) is 0 Å². The number of likely N-dealkylation sites (tertiary alicyclic amines) is 1. The molecular weight excluding hydrogens is 560 g/mol. The Balaban J connectivity index is 3.59. The second kappa shape index (κ2) is 8.96. The van der Waals surface area contributed by atoms with Gasteiger partial charge in [-0.25, -0.2) is 4.39 Å². The Kier molecular flexibility index (Phi) is 7.92. The van der Waals surface area contributed by atoms with Gasteiger partial charge in [-0.1, -0.05) is 6.42 Å². The maximum absolute atomic E-state index is 14.6. The highest BCUT2D eigenvalue weighted by Gasteiger charge is 3.00. The van der Waals surface area contributed by atoms with Crippen molar-refractivity contribution < 1.29 is 84.9 Å². The topological polar surface area (TPSA) is 69.6 Å². The summed E-state index contributed by atoms with van der Waals surface area (Å²) in [7, 11) is 0. The fourth-order valence-electron chi connectivity index (χ4n) is 2.88. The second-order valence-corrected chi connectivity index (χ2v) is 7.30. The predicted octanol–water partition coefficient (Wildman–Crippen LogP) is 5.02. The lowest BCUT2D eigenvalue weighted by Gasteiger charge is -2.54. The van der Waals surface area contributed by atoms with Gasteiger partial charge in [0.2, 0.25) is 0 Å². The van der Waals surface area contributed by atoms with Gasteiger partial charge in [0.1, 0.15) is 0 Å². The average molecular weight is 572 g/mol. The summed E-state index contributed by atoms with van der Waals surface area (Å²) in [6.07, 6.45) is -9.33. The van der Waals surface area contributed by atoms with E-state index in [1.54, 1.807) is 0 Å². The summed E-state index contributed by atoms with van der Waals surface area (Å²) in [5, 5.41) is 9.02. The highest BCUT2D eigenvalue weighted by atomic mass is 19.4. The Morgan fingerprint density at radius 1 is 0.694 bits per heavy atom. The van der Waals surface area contributed by atoms with E-state index >= 15 is 0 Å². The van der Waals surface area contributed by atoms with Crippen molar-refractivity contribution in [3.8, 4) is 0 Å². The van der Waals surface area contributed by atoms with Crippen molar-refractivity contribution in [2.45, 2.75) is 73.4 Å². The van der Waals surface area contributed by atoms with Crippen molar-refractivity contribution >= 4 is 11.9 Å². The molecule has 1 fully saturated rings. The number of nitrogens with one attached hydrogen (secondary N) is 1. The monoisotopic (exact) mass is 572 g/mol. The molecule has 1 aliphatic rings. The van der Waals surface area contributed by atoms with Gasteiger partial charge in [-0.3, -0.25) is 9.59 Å². The molecule has 0 spiro atoms. The number of alkyl halides is 16. The molecule has 1 saturated heterocycles. The Morgan fingerprint density at radius 3 is 1.47 bits per heavy atom. The van der Waals surface area contributed by atoms with Gasteiger partial charge in [-0.2, -0.15) is 65.9 Å². The molecule has 0 aromatic heterocycles. The number of nitrogens with zero attached hydrogens (tertiary/aromatic N) is 1. The Labute approximate surface area is 188 Å². The molecule has 1 amide bonds. The third kappa shape index (κ3) is 4.19. The first kappa shape index (κ1) is 31.8. The number of unbranched alkanes of at least 4 members (excludes halogenated alkanes) is 2. The van der Waals surface area contributed by atoms with E-state index in [9.17, 15) is 79.8 Å². The third-order valence-electron chi connectivity index (χ3n) is 4.86. The standard InChI is InChI=1S/C15H12F16N2O3/c16-8(12(23,24)25,7(36)32-5-3-1-2-4-6(34)35)13(26,27)33-14(28,29)10(19,20)9(17,18)11(21,22)15(33,30)31/h1-5H2,(H,32,36)(H,34,35).